The van der Waals surface area contributed by atoms with Gasteiger partial charge < -0.3 is 9.30 Å². The van der Waals surface area contributed by atoms with Gasteiger partial charge in [0.25, 0.3) is 0 Å². The minimum absolute atomic E-state index is 0.0369. The monoisotopic (exact) mass is 514 g/mol. The molecule has 0 spiro atoms. The molecule has 1 aromatic heterocycles. The van der Waals surface area contributed by atoms with Crippen molar-refractivity contribution in [2.24, 2.45) is 4.99 Å². The van der Waals surface area contributed by atoms with Gasteiger partial charge in [-0.05, 0) is 31.0 Å². The molecule has 0 aliphatic rings. The lowest BCUT2D eigenvalue weighted by atomic mass is 10.2. The van der Waals surface area contributed by atoms with E-state index in [9.17, 15) is 13.2 Å². The lowest BCUT2D eigenvalue weighted by Crippen LogP contribution is -2.20. The van der Waals surface area contributed by atoms with Crippen molar-refractivity contribution in [2.45, 2.75) is 32.1 Å². The molecule has 1 heterocycles. The van der Waals surface area contributed by atoms with E-state index < -0.39 is 9.84 Å². The number of nitrogens with zero attached hydrogens (tertiary/aromatic N) is 2. The maximum atomic E-state index is 12.5. The second-order valence-electron chi connectivity index (χ2n) is 7.13. The number of carbonyl (C=O) groups is 1. The second-order valence-corrected chi connectivity index (χ2v) is 11.1. The number of carbonyl (C=O) groups excluding carboxylic acids is 1. The molecular weight excluding hydrogens is 491 g/mol. The molecule has 0 bridgehead atoms. The summed E-state index contributed by atoms with van der Waals surface area (Å²) in [6, 6.07) is 12.4. The molecule has 6 nitrogen and oxygen atoms in total. The standard InChI is InChI=1S/C22H24Cl2N2O4S2/c1-2-30-13-12-26-20-17(23)10-11-18(24)21(20)31-22(26)25-19(27)9-6-14-32(28,29)15-16-7-4-3-5-8-16/h3-5,7-8,10-11H,2,6,9,12-15H2,1H3. The average Bonchev–Trinajstić information content (AvgIpc) is 3.10. The number of hydrogen-bond acceptors (Lipinski definition) is 5. The first kappa shape index (κ1) is 24.9. The number of hydrogen-bond donors (Lipinski definition) is 0. The Kier molecular flexibility index (Phi) is 8.90. The molecule has 0 aliphatic carbocycles. The zero-order valence-corrected chi connectivity index (χ0v) is 20.7. The van der Waals surface area contributed by atoms with Gasteiger partial charge in [0.2, 0.25) is 5.91 Å². The lowest BCUT2D eigenvalue weighted by Gasteiger charge is -2.07. The SMILES string of the molecule is CCOCCn1c(=NC(=O)CCCS(=O)(=O)Cc2ccccc2)sc2c(Cl)ccc(Cl)c21. The fourth-order valence-electron chi connectivity index (χ4n) is 3.21. The summed E-state index contributed by atoms with van der Waals surface area (Å²) >= 11 is 14.0. The van der Waals surface area contributed by atoms with Crippen LogP contribution in [0.5, 0.6) is 0 Å². The Morgan fingerprint density at radius 3 is 2.56 bits per heavy atom. The van der Waals surface area contributed by atoms with Gasteiger partial charge in [-0.25, -0.2) is 8.42 Å². The first-order valence-corrected chi connectivity index (χ1v) is 13.6. The van der Waals surface area contributed by atoms with Crippen LogP contribution in [-0.4, -0.2) is 37.9 Å². The fraction of sp³-hybridized carbons (Fsp3) is 0.364. The topological polar surface area (TPSA) is 77.7 Å². The summed E-state index contributed by atoms with van der Waals surface area (Å²) in [5, 5.41) is 1.04. The summed E-state index contributed by atoms with van der Waals surface area (Å²) in [4.78, 5) is 17.2. The van der Waals surface area contributed by atoms with Gasteiger partial charge in [0.15, 0.2) is 14.6 Å². The quantitative estimate of drug-likeness (QED) is 0.361. The van der Waals surface area contributed by atoms with Crippen molar-refractivity contribution in [2.75, 3.05) is 19.0 Å². The molecule has 0 N–H and O–H groups in total. The van der Waals surface area contributed by atoms with E-state index in [1.807, 2.05) is 17.6 Å². The van der Waals surface area contributed by atoms with Crippen LogP contribution in [0.15, 0.2) is 47.5 Å². The van der Waals surface area contributed by atoms with Gasteiger partial charge in [0, 0.05) is 19.6 Å². The average molecular weight is 515 g/mol. The zero-order chi connectivity index (χ0) is 23.1. The predicted octanol–water partition coefficient (Wildman–Crippen LogP) is 4.87. The maximum Gasteiger partial charge on any atom is 0.248 e. The third kappa shape index (κ3) is 6.65. The smallest absolute Gasteiger partial charge is 0.248 e. The molecule has 0 atom stereocenters. The number of rotatable bonds is 10. The molecule has 3 rings (SSSR count). The first-order valence-electron chi connectivity index (χ1n) is 10.2. The van der Waals surface area contributed by atoms with Crippen LogP contribution in [-0.2, 0) is 31.7 Å². The van der Waals surface area contributed by atoms with E-state index in [1.165, 1.54) is 11.3 Å². The Hall–Kier alpha value is -1.71. The lowest BCUT2D eigenvalue weighted by molar-refractivity contribution is -0.118. The van der Waals surface area contributed by atoms with Crippen LogP contribution in [0.1, 0.15) is 25.3 Å². The summed E-state index contributed by atoms with van der Waals surface area (Å²) in [5.74, 6) is -0.495. The van der Waals surface area contributed by atoms with Crippen LogP contribution < -0.4 is 4.80 Å². The van der Waals surface area contributed by atoms with E-state index in [0.29, 0.717) is 40.1 Å². The molecule has 0 aliphatic heterocycles. The number of thiazole rings is 1. The highest BCUT2D eigenvalue weighted by Gasteiger charge is 2.15. The van der Waals surface area contributed by atoms with E-state index in [-0.39, 0.29) is 30.3 Å². The van der Waals surface area contributed by atoms with Gasteiger partial charge in [-0.15, -0.1) is 0 Å². The number of fused-ring (bicyclic) bond motifs is 1. The largest absolute Gasteiger partial charge is 0.380 e. The number of sulfone groups is 1. The van der Waals surface area contributed by atoms with Crippen molar-refractivity contribution < 1.29 is 17.9 Å². The Balaban J connectivity index is 1.74. The van der Waals surface area contributed by atoms with Crippen LogP contribution in [0.25, 0.3) is 10.2 Å². The predicted molar refractivity (Wildman–Crippen MR) is 130 cm³/mol. The van der Waals surface area contributed by atoms with Crippen molar-refractivity contribution in [3.8, 4) is 0 Å². The molecular formula is C22H24Cl2N2O4S2. The zero-order valence-electron chi connectivity index (χ0n) is 17.6. The van der Waals surface area contributed by atoms with Crippen molar-refractivity contribution in [3.63, 3.8) is 0 Å². The van der Waals surface area contributed by atoms with Gasteiger partial charge in [-0.1, -0.05) is 64.9 Å². The van der Waals surface area contributed by atoms with Crippen LogP contribution in [0.4, 0.5) is 0 Å². The summed E-state index contributed by atoms with van der Waals surface area (Å²) in [6.45, 7) is 3.37. The summed E-state index contributed by atoms with van der Waals surface area (Å²) in [6.07, 6.45) is 0.248. The van der Waals surface area contributed by atoms with Crippen molar-refractivity contribution >= 4 is 60.5 Å². The fourth-order valence-corrected chi connectivity index (χ4v) is 6.33. The number of ether oxygens (including phenoxy) is 1. The van der Waals surface area contributed by atoms with E-state index in [1.54, 1.807) is 36.4 Å². The molecule has 10 heteroatoms. The second kappa shape index (κ2) is 11.4. The van der Waals surface area contributed by atoms with E-state index in [4.69, 9.17) is 27.9 Å². The molecule has 0 saturated heterocycles. The van der Waals surface area contributed by atoms with Crippen LogP contribution in [0, 0.1) is 0 Å². The summed E-state index contributed by atoms with van der Waals surface area (Å²) in [5.41, 5.74) is 1.44. The molecule has 2 aromatic carbocycles. The molecule has 0 saturated carbocycles. The number of amides is 1. The Bertz CT molecular complexity index is 1250. The number of benzene rings is 2. The molecule has 0 fully saturated rings. The van der Waals surface area contributed by atoms with Crippen LogP contribution in [0.3, 0.4) is 0 Å². The van der Waals surface area contributed by atoms with Crippen molar-refractivity contribution in [1.29, 1.82) is 0 Å². The molecule has 172 valence electrons. The summed E-state index contributed by atoms with van der Waals surface area (Å²) in [7, 11) is -3.31. The highest BCUT2D eigenvalue weighted by atomic mass is 35.5. The highest BCUT2D eigenvalue weighted by Crippen LogP contribution is 2.31. The number of halogens is 2. The normalized spacial score (nSPS) is 12.5. The molecule has 1 amide bonds. The Labute approximate surface area is 201 Å². The maximum absolute atomic E-state index is 12.5. The minimum atomic E-state index is -3.31. The minimum Gasteiger partial charge on any atom is -0.380 e. The van der Waals surface area contributed by atoms with Gasteiger partial charge in [0.05, 0.1) is 38.4 Å². The van der Waals surface area contributed by atoms with Crippen LogP contribution >= 0.6 is 34.5 Å². The van der Waals surface area contributed by atoms with Gasteiger partial charge in [-0.3, -0.25) is 4.79 Å². The number of aromatic nitrogens is 1. The molecule has 0 radical (unpaired) electrons. The summed E-state index contributed by atoms with van der Waals surface area (Å²) < 4.78 is 32.7. The third-order valence-corrected chi connectivity index (χ3v) is 8.21. The first-order chi connectivity index (χ1) is 15.3. The molecule has 3 aromatic rings. The van der Waals surface area contributed by atoms with E-state index >= 15 is 0 Å². The van der Waals surface area contributed by atoms with Gasteiger partial charge in [0.1, 0.15) is 0 Å². The Morgan fingerprint density at radius 1 is 1.12 bits per heavy atom. The molecule has 0 unspecified atom stereocenters. The Morgan fingerprint density at radius 2 is 1.84 bits per heavy atom. The van der Waals surface area contributed by atoms with E-state index in [0.717, 1.165) is 10.3 Å². The van der Waals surface area contributed by atoms with E-state index in [2.05, 4.69) is 4.99 Å². The third-order valence-electron chi connectivity index (χ3n) is 4.69. The van der Waals surface area contributed by atoms with Crippen LogP contribution in [0.2, 0.25) is 10.0 Å². The van der Waals surface area contributed by atoms with Gasteiger partial charge in [-0.2, -0.15) is 4.99 Å². The molecule has 32 heavy (non-hydrogen) atoms. The van der Waals surface area contributed by atoms with Gasteiger partial charge >= 0.3 is 0 Å². The van der Waals surface area contributed by atoms with Crippen molar-refractivity contribution in [1.82, 2.24) is 4.57 Å². The highest BCUT2D eigenvalue weighted by molar-refractivity contribution is 7.90. The van der Waals surface area contributed by atoms with Crippen molar-refractivity contribution in [3.05, 3.63) is 62.9 Å².